The molecule has 0 aliphatic carbocycles. The van der Waals surface area contributed by atoms with Gasteiger partial charge in [-0.3, -0.25) is 4.98 Å². The van der Waals surface area contributed by atoms with Crippen LogP contribution in [-0.2, 0) is 13.2 Å². The molecule has 21 heavy (non-hydrogen) atoms. The zero-order valence-electron chi connectivity index (χ0n) is 12.0. The molecule has 2 N–H and O–H groups in total. The third kappa shape index (κ3) is 2.81. The monoisotopic (exact) mass is 282 g/mol. The predicted molar refractivity (Wildman–Crippen MR) is 83.0 cm³/mol. The van der Waals surface area contributed by atoms with Gasteiger partial charge in [0, 0.05) is 18.4 Å². The molecule has 0 bridgehead atoms. The summed E-state index contributed by atoms with van der Waals surface area (Å²) in [6.07, 6.45) is 4.62. The minimum atomic E-state index is 0.429. The third-order valence-electron chi connectivity index (χ3n) is 3.32. The summed E-state index contributed by atoms with van der Waals surface area (Å²) in [5, 5.41) is 0. The number of aromatic nitrogens is 3. The quantitative estimate of drug-likeness (QED) is 0.730. The zero-order valence-corrected chi connectivity index (χ0v) is 12.0. The van der Waals surface area contributed by atoms with Gasteiger partial charge in [0.2, 0.25) is 0 Å². The second-order valence-electron chi connectivity index (χ2n) is 4.90. The second kappa shape index (κ2) is 5.83. The fraction of sp³-hybridized carbons (Fsp3) is 0.250. The third-order valence-corrected chi connectivity index (χ3v) is 3.32. The highest BCUT2D eigenvalue weighted by Crippen LogP contribution is 2.18. The SMILES string of the molecule is CCCn1c(COc2ccc(N)cc2)nc2cnccc21. The van der Waals surface area contributed by atoms with Crippen molar-refractivity contribution in [3.8, 4) is 5.75 Å². The lowest BCUT2D eigenvalue weighted by molar-refractivity contribution is 0.290. The van der Waals surface area contributed by atoms with E-state index in [9.17, 15) is 0 Å². The van der Waals surface area contributed by atoms with Crippen molar-refractivity contribution in [2.45, 2.75) is 26.5 Å². The van der Waals surface area contributed by atoms with E-state index in [1.165, 1.54) is 0 Å². The molecule has 2 aromatic heterocycles. The van der Waals surface area contributed by atoms with E-state index in [2.05, 4.69) is 21.5 Å². The van der Waals surface area contributed by atoms with Crippen LogP contribution in [0.4, 0.5) is 5.69 Å². The first kappa shape index (κ1) is 13.4. The Hall–Kier alpha value is -2.56. The van der Waals surface area contributed by atoms with Crippen LogP contribution < -0.4 is 10.5 Å². The predicted octanol–water partition coefficient (Wildman–Crippen LogP) is 3.00. The topological polar surface area (TPSA) is 66.0 Å². The molecule has 0 saturated heterocycles. The number of nitrogens with zero attached hydrogens (tertiary/aromatic N) is 3. The lowest BCUT2D eigenvalue weighted by atomic mass is 10.3. The van der Waals surface area contributed by atoms with E-state index in [4.69, 9.17) is 10.5 Å². The number of nitrogen functional groups attached to an aromatic ring is 1. The van der Waals surface area contributed by atoms with Crippen molar-refractivity contribution in [2.75, 3.05) is 5.73 Å². The molecule has 0 aliphatic heterocycles. The minimum absolute atomic E-state index is 0.429. The van der Waals surface area contributed by atoms with E-state index in [0.717, 1.165) is 41.3 Å². The molecule has 3 aromatic rings. The highest BCUT2D eigenvalue weighted by atomic mass is 16.5. The fourth-order valence-electron chi connectivity index (χ4n) is 2.33. The van der Waals surface area contributed by atoms with Gasteiger partial charge in [-0.05, 0) is 36.8 Å². The second-order valence-corrected chi connectivity index (χ2v) is 4.90. The Labute approximate surface area is 123 Å². The molecule has 3 rings (SSSR count). The molecule has 2 heterocycles. The molecular formula is C16H18N4O. The maximum absolute atomic E-state index is 5.80. The van der Waals surface area contributed by atoms with Gasteiger partial charge in [-0.2, -0.15) is 0 Å². The van der Waals surface area contributed by atoms with Gasteiger partial charge in [-0.25, -0.2) is 4.98 Å². The molecule has 0 atom stereocenters. The largest absolute Gasteiger partial charge is 0.486 e. The van der Waals surface area contributed by atoms with Gasteiger partial charge in [0.25, 0.3) is 0 Å². The van der Waals surface area contributed by atoms with Crippen LogP contribution in [0.1, 0.15) is 19.2 Å². The normalized spacial score (nSPS) is 10.9. The van der Waals surface area contributed by atoms with Crippen LogP contribution >= 0.6 is 0 Å². The molecule has 0 spiro atoms. The molecule has 0 aliphatic rings. The number of benzene rings is 1. The Morgan fingerprint density at radius 1 is 1.19 bits per heavy atom. The van der Waals surface area contributed by atoms with Crippen LogP contribution in [0.3, 0.4) is 0 Å². The van der Waals surface area contributed by atoms with Crippen molar-refractivity contribution in [3.63, 3.8) is 0 Å². The fourth-order valence-corrected chi connectivity index (χ4v) is 2.33. The molecular weight excluding hydrogens is 264 g/mol. The number of rotatable bonds is 5. The summed E-state index contributed by atoms with van der Waals surface area (Å²) in [5.74, 6) is 1.70. The van der Waals surface area contributed by atoms with Crippen LogP contribution in [-0.4, -0.2) is 14.5 Å². The minimum Gasteiger partial charge on any atom is -0.486 e. The number of imidazole rings is 1. The molecule has 108 valence electrons. The average Bonchev–Trinajstić information content (AvgIpc) is 2.85. The Morgan fingerprint density at radius 3 is 2.76 bits per heavy atom. The number of pyridine rings is 1. The first-order valence-electron chi connectivity index (χ1n) is 7.05. The number of fused-ring (bicyclic) bond motifs is 1. The molecule has 0 saturated carbocycles. The summed E-state index contributed by atoms with van der Waals surface area (Å²) in [4.78, 5) is 8.74. The van der Waals surface area contributed by atoms with E-state index in [1.807, 2.05) is 30.3 Å². The summed E-state index contributed by atoms with van der Waals surface area (Å²) in [6, 6.07) is 9.38. The molecule has 0 radical (unpaired) electrons. The van der Waals surface area contributed by atoms with Crippen molar-refractivity contribution >= 4 is 16.7 Å². The van der Waals surface area contributed by atoms with Crippen LogP contribution in [0.15, 0.2) is 42.7 Å². The van der Waals surface area contributed by atoms with Crippen molar-refractivity contribution in [2.24, 2.45) is 0 Å². The highest BCUT2D eigenvalue weighted by Gasteiger charge is 2.10. The molecule has 0 fully saturated rings. The van der Waals surface area contributed by atoms with Gasteiger partial charge in [0.15, 0.2) is 0 Å². The maximum Gasteiger partial charge on any atom is 0.148 e. The smallest absolute Gasteiger partial charge is 0.148 e. The first-order valence-corrected chi connectivity index (χ1v) is 7.05. The van der Waals surface area contributed by atoms with E-state index in [-0.39, 0.29) is 0 Å². The van der Waals surface area contributed by atoms with Crippen LogP contribution in [0.2, 0.25) is 0 Å². The summed E-state index contributed by atoms with van der Waals surface area (Å²) < 4.78 is 7.99. The van der Waals surface area contributed by atoms with Gasteiger partial charge in [0.05, 0.1) is 11.7 Å². The van der Waals surface area contributed by atoms with Gasteiger partial charge >= 0.3 is 0 Å². The van der Waals surface area contributed by atoms with Crippen molar-refractivity contribution in [1.29, 1.82) is 0 Å². The Bertz CT molecular complexity index is 734. The molecule has 0 amide bonds. The van der Waals surface area contributed by atoms with E-state index in [1.54, 1.807) is 12.4 Å². The van der Waals surface area contributed by atoms with Gasteiger partial charge < -0.3 is 15.0 Å². The average molecular weight is 282 g/mol. The standard InChI is InChI=1S/C16H18N4O/c1-2-9-20-15-7-8-18-10-14(15)19-16(20)11-21-13-5-3-12(17)4-6-13/h3-8,10H,2,9,11,17H2,1H3. The van der Waals surface area contributed by atoms with Crippen molar-refractivity contribution in [1.82, 2.24) is 14.5 Å². The summed E-state index contributed by atoms with van der Waals surface area (Å²) >= 11 is 0. The van der Waals surface area contributed by atoms with Crippen LogP contribution in [0.25, 0.3) is 11.0 Å². The van der Waals surface area contributed by atoms with Gasteiger partial charge in [-0.1, -0.05) is 6.92 Å². The highest BCUT2D eigenvalue weighted by molar-refractivity contribution is 5.74. The number of hydrogen-bond acceptors (Lipinski definition) is 4. The Kier molecular flexibility index (Phi) is 3.73. The van der Waals surface area contributed by atoms with Crippen LogP contribution in [0.5, 0.6) is 5.75 Å². The van der Waals surface area contributed by atoms with E-state index in [0.29, 0.717) is 6.61 Å². The molecule has 5 heteroatoms. The lowest BCUT2D eigenvalue weighted by Gasteiger charge is -2.09. The molecule has 0 unspecified atom stereocenters. The van der Waals surface area contributed by atoms with Crippen molar-refractivity contribution < 1.29 is 4.74 Å². The summed E-state index contributed by atoms with van der Waals surface area (Å²) in [6.45, 7) is 3.50. The molecule has 5 nitrogen and oxygen atoms in total. The van der Waals surface area contributed by atoms with Gasteiger partial charge in [-0.15, -0.1) is 0 Å². The lowest BCUT2D eigenvalue weighted by Crippen LogP contribution is -2.07. The van der Waals surface area contributed by atoms with Crippen molar-refractivity contribution in [3.05, 3.63) is 48.5 Å². The number of aryl methyl sites for hydroxylation is 1. The van der Waals surface area contributed by atoms with E-state index < -0.39 is 0 Å². The summed E-state index contributed by atoms with van der Waals surface area (Å²) in [7, 11) is 0. The maximum atomic E-state index is 5.80. The first-order chi connectivity index (χ1) is 10.3. The number of hydrogen-bond donors (Lipinski definition) is 1. The number of nitrogens with two attached hydrogens (primary N) is 1. The van der Waals surface area contributed by atoms with Gasteiger partial charge in [0.1, 0.15) is 23.7 Å². The Morgan fingerprint density at radius 2 is 2.00 bits per heavy atom. The Balaban J connectivity index is 1.85. The van der Waals surface area contributed by atoms with E-state index >= 15 is 0 Å². The molecule has 1 aromatic carbocycles. The summed E-state index contributed by atoms with van der Waals surface area (Å²) in [5.41, 5.74) is 8.40. The number of anilines is 1. The number of ether oxygens (including phenoxy) is 1. The van der Waals surface area contributed by atoms with Crippen LogP contribution in [0, 0.1) is 0 Å². The zero-order chi connectivity index (χ0) is 14.7.